The number of benzene rings is 2. The van der Waals surface area contributed by atoms with Crippen molar-refractivity contribution in [1.82, 2.24) is 0 Å². The second kappa shape index (κ2) is 6.67. The van der Waals surface area contributed by atoms with Crippen molar-refractivity contribution in [1.29, 1.82) is 0 Å². The van der Waals surface area contributed by atoms with Crippen molar-refractivity contribution in [3.63, 3.8) is 0 Å². The molecule has 130 valence electrons. The summed E-state index contributed by atoms with van der Waals surface area (Å²) in [5, 5.41) is 0. The molecule has 2 nitrogen and oxygen atoms in total. The van der Waals surface area contributed by atoms with E-state index in [1.165, 1.54) is 36.8 Å². The molecule has 0 spiro atoms. The van der Waals surface area contributed by atoms with Crippen molar-refractivity contribution < 1.29 is 9.53 Å². The van der Waals surface area contributed by atoms with Gasteiger partial charge in [-0.1, -0.05) is 42.3 Å². The number of hydrogen-bond donors (Lipinski definition) is 0. The Kier molecular flexibility index (Phi) is 4.37. The molecule has 0 aromatic heterocycles. The van der Waals surface area contributed by atoms with Crippen molar-refractivity contribution in [2.45, 2.75) is 46.0 Å². The SMILES string of the molecule is Cc1ccc(-c2ccc(OC(=O)CC3CC4CCC3C4)c(C)c2)cc1. The van der Waals surface area contributed by atoms with Crippen LogP contribution >= 0.6 is 0 Å². The Morgan fingerprint density at radius 2 is 1.76 bits per heavy atom. The van der Waals surface area contributed by atoms with E-state index in [0.717, 1.165) is 23.0 Å². The monoisotopic (exact) mass is 334 g/mol. The molecule has 2 saturated carbocycles. The Balaban J connectivity index is 1.42. The van der Waals surface area contributed by atoms with E-state index in [4.69, 9.17) is 4.74 Å². The largest absolute Gasteiger partial charge is 0.426 e. The number of carbonyl (C=O) groups excluding carboxylic acids is 1. The van der Waals surface area contributed by atoms with E-state index in [2.05, 4.69) is 37.3 Å². The molecule has 0 amide bonds. The van der Waals surface area contributed by atoms with Gasteiger partial charge in [0.25, 0.3) is 0 Å². The topological polar surface area (TPSA) is 26.3 Å². The minimum absolute atomic E-state index is 0.0660. The van der Waals surface area contributed by atoms with Gasteiger partial charge in [0, 0.05) is 6.42 Å². The Hall–Kier alpha value is -2.09. The summed E-state index contributed by atoms with van der Waals surface area (Å²) >= 11 is 0. The summed E-state index contributed by atoms with van der Waals surface area (Å²) in [5.41, 5.74) is 4.62. The van der Waals surface area contributed by atoms with Gasteiger partial charge >= 0.3 is 5.97 Å². The Bertz CT molecular complexity index is 775. The van der Waals surface area contributed by atoms with Gasteiger partial charge in [0.1, 0.15) is 5.75 Å². The summed E-state index contributed by atoms with van der Waals surface area (Å²) in [6, 6.07) is 14.6. The molecule has 2 aromatic carbocycles. The molecule has 2 heteroatoms. The molecule has 3 unspecified atom stereocenters. The number of hydrogen-bond acceptors (Lipinski definition) is 2. The molecule has 2 fully saturated rings. The van der Waals surface area contributed by atoms with Gasteiger partial charge in [-0.3, -0.25) is 4.79 Å². The zero-order chi connectivity index (χ0) is 17.4. The second-order valence-corrected chi connectivity index (χ2v) is 7.96. The van der Waals surface area contributed by atoms with E-state index in [1.54, 1.807) is 0 Å². The number of aryl methyl sites for hydroxylation is 2. The maximum atomic E-state index is 12.4. The third-order valence-electron chi connectivity index (χ3n) is 6.10. The summed E-state index contributed by atoms with van der Waals surface area (Å²) in [5.74, 6) is 2.83. The molecule has 0 N–H and O–H groups in total. The average Bonchev–Trinajstić information content (AvgIpc) is 3.20. The zero-order valence-corrected chi connectivity index (χ0v) is 15.1. The Morgan fingerprint density at radius 3 is 2.40 bits per heavy atom. The highest BCUT2D eigenvalue weighted by molar-refractivity contribution is 5.74. The fourth-order valence-electron chi connectivity index (χ4n) is 4.69. The van der Waals surface area contributed by atoms with Crippen LogP contribution in [0.25, 0.3) is 11.1 Å². The zero-order valence-electron chi connectivity index (χ0n) is 15.1. The van der Waals surface area contributed by atoms with Gasteiger partial charge in [0.15, 0.2) is 0 Å². The fraction of sp³-hybridized carbons (Fsp3) is 0.435. The minimum atomic E-state index is -0.0660. The van der Waals surface area contributed by atoms with E-state index in [-0.39, 0.29) is 5.97 Å². The molecular weight excluding hydrogens is 308 g/mol. The average molecular weight is 334 g/mol. The van der Waals surface area contributed by atoms with Gasteiger partial charge in [-0.2, -0.15) is 0 Å². The van der Waals surface area contributed by atoms with E-state index in [9.17, 15) is 4.79 Å². The molecule has 0 aliphatic heterocycles. The quantitative estimate of drug-likeness (QED) is 0.529. The first kappa shape index (κ1) is 16.4. The van der Waals surface area contributed by atoms with Crippen molar-refractivity contribution in [2.24, 2.45) is 17.8 Å². The lowest BCUT2D eigenvalue weighted by atomic mass is 9.86. The molecule has 25 heavy (non-hydrogen) atoms. The Morgan fingerprint density at radius 1 is 1.00 bits per heavy atom. The molecule has 2 bridgehead atoms. The van der Waals surface area contributed by atoms with Gasteiger partial charge in [-0.15, -0.1) is 0 Å². The van der Waals surface area contributed by atoms with Crippen molar-refractivity contribution in [2.75, 3.05) is 0 Å². The molecule has 2 aromatic rings. The first-order chi connectivity index (χ1) is 12.1. The standard InChI is InChI=1S/C23H26O2/c1-15-3-6-18(7-4-15)19-9-10-22(16(2)11-19)25-23(24)14-21-13-17-5-8-20(21)12-17/h3-4,6-7,9-11,17,20-21H,5,8,12-14H2,1-2H3. The van der Waals surface area contributed by atoms with Crippen LogP contribution in [-0.2, 0) is 4.79 Å². The van der Waals surface area contributed by atoms with Crippen LogP contribution in [0.15, 0.2) is 42.5 Å². The van der Waals surface area contributed by atoms with E-state index < -0.39 is 0 Å². The third-order valence-corrected chi connectivity index (χ3v) is 6.10. The lowest BCUT2D eigenvalue weighted by Crippen LogP contribution is -2.19. The van der Waals surface area contributed by atoms with Crippen molar-refractivity contribution >= 4 is 5.97 Å². The maximum absolute atomic E-state index is 12.4. The van der Waals surface area contributed by atoms with Gasteiger partial charge in [-0.05, 0) is 79.7 Å². The van der Waals surface area contributed by atoms with Crippen LogP contribution in [-0.4, -0.2) is 5.97 Å². The van der Waals surface area contributed by atoms with Gasteiger partial charge in [0.05, 0.1) is 0 Å². The van der Waals surface area contributed by atoms with Crippen LogP contribution in [0, 0.1) is 31.6 Å². The number of esters is 1. The number of fused-ring (bicyclic) bond motifs is 2. The van der Waals surface area contributed by atoms with Crippen LogP contribution in [0.1, 0.15) is 43.2 Å². The van der Waals surface area contributed by atoms with Gasteiger partial charge < -0.3 is 4.74 Å². The fourth-order valence-corrected chi connectivity index (χ4v) is 4.69. The highest BCUT2D eigenvalue weighted by Crippen LogP contribution is 2.49. The normalized spacial score (nSPS) is 24.5. The predicted octanol–water partition coefficient (Wildman–Crippen LogP) is 5.70. The number of carbonyl (C=O) groups is 1. The molecule has 0 radical (unpaired) electrons. The number of rotatable bonds is 4. The summed E-state index contributed by atoms with van der Waals surface area (Å²) in [6.45, 7) is 4.10. The Labute approximate surface area is 150 Å². The highest BCUT2D eigenvalue weighted by atomic mass is 16.5. The third kappa shape index (κ3) is 3.49. The van der Waals surface area contributed by atoms with Crippen LogP contribution in [0.5, 0.6) is 5.75 Å². The molecule has 0 heterocycles. The van der Waals surface area contributed by atoms with Crippen LogP contribution in [0.2, 0.25) is 0 Å². The van der Waals surface area contributed by atoms with Crippen LogP contribution in [0.3, 0.4) is 0 Å². The molecular formula is C23H26O2. The first-order valence-electron chi connectivity index (χ1n) is 9.47. The highest BCUT2D eigenvalue weighted by Gasteiger charge is 2.40. The van der Waals surface area contributed by atoms with Crippen LogP contribution in [0.4, 0.5) is 0 Å². The van der Waals surface area contributed by atoms with Crippen LogP contribution < -0.4 is 4.74 Å². The van der Waals surface area contributed by atoms with E-state index in [1.807, 2.05) is 19.1 Å². The lowest BCUT2D eigenvalue weighted by Gasteiger charge is -2.20. The second-order valence-electron chi connectivity index (χ2n) is 7.96. The summed E-state index contributed by atoms with van der Waals surface area (Å²) in [4.78, 5) is 12.4. The summed E-state index contributed by atoms with van der Waals surface area (Å²) in [7, 11) is 0. The van der Waals surface area contributed by atoms with Crippen molar-refractivity contribution in [3.05, 3.63) is 53.6 Å². The minimum Gasteiger partial charge on any atom is -0.426 e. The lowest BCUT2D eigenvalue weighted by molar-refractivity contribution is -0.135. The van der Waals surface area contributed by atoms with Crippen molar-refractivity contribution in [3.8, 4) is 16.9 Å². The van der Waals surface area contributed by atoms with E-state index >= 15 is 0 Å². The summed E-state index contributed by atoms with van der Waals surface area (Å²) in [6.07, 6.45) is 5.83. The summed E-state index contributed by atoms with van der Waals surface area (Å²) < 4.78 is 5.69. The molecule has 3 atom stereocenters. The first-order valence-corrected chi connectivity index (χ1v) is 9.47. The molecule has 0 saturated heterocycles. The van der Waals surface area contributed by atoms with Gasteiger partial charge in [0.2, 0.25) is 0 Å². The number of ether oxygens (including phenoxy) is 1. The van der Waals surface area contributed by atoms with Gasteiger partial charge in [-0.25, -0.2) is 0 Å². The molecule has 2 aliphatic carbocycles. The molecule has 4 rings (SSSR count). The smallest absolute Gasteiger partial charge is 0.311 e. The van der Waals surface area contributed by atoms with E-state index in [0.29, 0.717) is 18.1 Å². The maximum Gasteiger partial charge on any atom is 0.311 e. The molecule has 2 aliphatic rings. The predicted molar refractivity (Wildman–Crippen MR) is 101 cm³/mol.